The third-order valence-corrected chi connectivity index (χ3v) is 6.29. The van der Waals surface area contributed by atoms with Gasteiger partial charge in [0, 0.05) is 37.9 Å². The highest BCUT2D eigenvalue weighted by molar-refractivity contribution is 6.00. The lowest BCUT2D eigenvalue weighted by molar-refractivity contribution is 0.0747. The molecule has 0 aliphatic carbocycles. The molecular weight excluding hydrogens is 424 g/mol. The van der Waals surface area contributed by atoms with Crippen LogP contribution >= 0.6 is 0 Å². The first kappa shape index (κ1) is 21.8. The number of rotatable bonds is 5. The van der Waals surface area contributed by atoms with Crippen LogP contribution in [0.4, 0.5) is 5.69 Å². The first-order valence-corrected chi connectivity index (χ1v) is 11.6. The number of aromatic hydroxyl groups is 1. The summed E-state index contributed by atoms with van der Waals surface area (Å²) in [6, 6.07) is 25.6. The third kappa shape index (κ3) is 4.53. The SMILES string of the molecule is Cc1ccc(-c2nn(Cc3ccccc3)cc2C(=O)N2CCN(c3ccccc3O)CC2)cc1. The number of aromatic nitrogens is 2. The molecule has 0 radical (unpaired) electrons. The first-order chi connectivity index (χ1) is 16.6. The van der Waals surface area contributed by atoms with Crippen LogP contribution in [-0.2, 0) is 6.54 Å². The van der Waals surface area contributed by atoms with Crippen LogP contribution in [0.15, 0.2) is 85.1 Å². The fourth-order valence-electron chi connectivity index (χ4n) is 4.41. The van der Waals surface area contributed by atoms with E-state index in [0.717, 1.165) is 16.8 Å². The molecular formula is C28H28N4O2. The number of carbonyl (C=O) groups is 1. The predicted octanol–water partition coefficient (Wildman–Crippen LogP) is 4.57. The average Bonchev–Trinajstić information content (AvgIpc) is 3.29. The number of benzene rings is 3. The van der Waals surface area contributed by atoms with Gasteiger partial charge in [0.1, 0.15) is 11.4 Å². The minimum Gasteiger partial charge on any atom is -0.506 e. The number of piperazine rings is 1. The summed E-state index contributed by atoms with van der Waals surface area (Å²) in [5.74, 6) is 0.262. The maximum Gasteiger partial charge on any atom is 0.257 e. The van der Waals surface area contributed by atoms with Crippen molar-refractivity contribution in [1.29, 1.82) is 0 Å². The summed E-state index contributed by atoms with van der Waals surface area (Å²) in [5.41, 5.74) is 5.38. The van der Waals surface area contributed by atoms with E-state index in [9.17, 15) is 9.90 Å². The molecule has 6 nitrogen and oxygen atoms in total. The summed E-state index contributed by atoms with van der Waals surface area (Å²) in [7, 11) is 0. The van der Waals surface area contributed by atoms with Crippen molar-refractivity contribution in [2.24, 2.45) is 0 Å². The van der Waals surface area contributed by atoms with Crippen LogP contribution in [-0.4, -0.2) is 51.9 Å². The fraction of sp³-hybridized carbons (Fsp3) is 0.214. The van der Waals surface area contributed by atoms with Crippen LogP contribution in [0.1, 0.15) is 21.5 Å². The number of nitrogens with zero attached hydrogens (tertiary/aromatic N) is 4. The quantitative estimate of drug-likeness (QED) is 0.482. The standard InChI is InChI=1S/C28H28N4O2/c1-21-11-13-23(14-12-21)27-24(20-32(29-27)19-22-7-3-2-4-8-22)28(34)31-17-15-30(16-18-31)25-9-5-6-10-26(25)33/h2-14,20,33H,15-19H2,1H3. The molecule has 0 unspecified atom stereocenters. The molecule has 1 aliphatic rings. The van der Waals surface area contributed by atoms with Gasteiger partial charge in [0.25, 0.3) is 5.91 Å². The lowest BCUT2D eigenvalue weighted by atomic mass is 10.1. The molecule has 0 atom stereocenters. The van der Waals surface area contributed by atoms with E-state index < -0.39 is 0 Å². The highest BCUT2D eigenvalue weighted by atomic mass is 16.3. The Kier molecular flexibility index (Phi) is 6.04. The van der Waals surface area contributed by atoms with E-state index in [1.165, 1.54) is 5.56 Å². The molecule has 4 aromatic rings. The number of anilines is 1. The highest BCUT2D eigenvalue weighted by Crippen LogP contribution is 2.29. The summed E-state index contributed by atoms with van der Waals surface area (Å²) >= 11 is 0. The molecule has 0 spiro atoms. The van der Waals surface area contributed by atoms with Crippen molar-refractivity contribution in [3.8, 4) is 17.0 Å². The first-order valence-electron chi connectivity index (χ1n) is 11.6. The maximum absolute atomic E-state index is 13.6. The molecule has 34 heavy (non-hydrogen) atoms. The lowest BCUT2D eigenvalue weighted by Crippen LogP contribution is -2.48. The molecule has 3 aromatic carbocycles. The number of amides is 1. The van der Waals surface area contributed by atoms with Gasteiger partial charge in [-0.05, 0) is 24.6 Å². The molecule has 1 aromatic heterocycles. The molecule has 1 saturated heterocycles. The van der Waals surface area contributed by atoms with E-state index in [1.807, 2.05) is 83.4 Å². The van der Waals surface area contributed by atoms with Gasteiger partial charge >= 0.3 is 0 Å². The van der Waals surface area contributed by atoms with Crippen molar-refractivity contribution in [2.75, 3.05) is 31.1 Å². The Morgan fingerprint density at radius 2 is 1.56 bits per heavy atom. The summed E-state index contributed by atoms with van der Waals surface area (Å²) < 4.78 is 1.86. The number of aryl methyl sites for hydroxylation is 1. The Bertz CT molecular complexity index is 1270. The Morgan fingerprint density at radius 1 is 0.882 bits per heavy atom. The zero-order valence-corrected chi connectivity index (χ0v) is 19.3. The number of phenols is 1. The Hall–Kier alpha value is -4.06. The van der Waals surface area contributed by atoms with Crippen LogP contribution in [0.3, 0.4) is 0 Å². The monoisotopic (exact) mass is 452 g/mol. The van der Waals surface area contributed by atoms with Crippen LogP contribution in [0, 0.1) is 6.92 Å². The molecule has 0 saturated carbocycles. The summed E-state index contributed by atoms with van der Waals surface area (Å²) in [6.45, 7) is 5.17. The molecule has 1 amide bonds. The van der Waals surface area contributed by atoms with Gasteiger partial charge in [0.2, 0.25) is 0 Å². The van der Waals surface area contributed by atoms with Crippen molar-refractivity contribution in [3.05, 3.63) is 102 Å². The minimum absolute atomic E-state index is 0.00757. The van der Waals surface area contributed by atoms with E-state index in [4.69, 9.17) is 5.10 Å². The summed E-state index contributed by atoms with van der Waals surface area (Å²) in [6.07, 6.45) is 1.87. The number of phenolic OH excluding ortho intramolecular Hbond substituents is 1. The number of hydrogen-bond acceptors (Lipinski definition) is 4. The zero-order valence-electron chi connectivity index (χ0n) is 19.3. The van der Waals surface area contributed by atoms with Gasteiger partial charge in [0.15, 0.2) is 0 Å². The van der Waals surface area contributed by atoms with Crippen molar-refractivity contribution in [2.45, 2.75) is 13.5 Å². The molecule has 1 N–H and O–H groups in total. The van der Waals surface area contributed by atoms with Crippen molar-refractivity contribution < 1.29 is 9.90 Å². The highest BCUT2D eigenvalue weighted by Gasteiger charge is 2.27. The zero-order chi connectivity index (χ0) is 23.5. The van der Waals surface area contributed by atoms with Gasteiger partial charge in [-0.1, -0.05) is 72.3 Å². The molecule has 172 valence electrons. The topological polar surface area (TPSA) is 61.6 Å². The average molecular weight is 453 g/mol. The third-order valence-electron chi connectivity index (χ3n) is 6.29. The Balaban J connectivity index is 1.39. The smallest absolute Gasteiger partial charge is 0.257 e. The summed E-state index contributed by atoms with van der Waals surface area (Å²) in [4.78, 5) is 17.7. The van der Waals surface area contributed by atoms with Gasteiger partial charge in [-0.25, -0.2) is 0 Å². The fourth-order valence-corrected chi connectivity index (χ4v) is 4.41. The van der Waals surface area contributed by atoms with Gasteiger partial charge in [-0.15, -0.1) is 0 Å². The number of hydrogen-bond donors (Lipinski definition) is 1. The number of carbonyl (C=O) groups excluding carboxylic acids is 1. The molecule has 1 fully saturated rings. The molecule has 1 aliphatic heterocycles. The lowest BCUT2D eigenvalue weighted by Gasteiger charge is -2.36. The van der Waals surface area contributed by atoms with Crippen LogP contribution in [0.2, 0.25) is 0 Å². The van der Waals surface area contributed by atoms with Crippen LogP contribution in [0.5, 0.6) is 5.75 Å². The second-order valence-corrected chi connectivity index (χ2v) is 8.71. The molecule has 2 heterocycles. The Labute approximate surface area is 199 Å². The van der Waals surface area contributed by atoms with Gasteiger partial charge in [-0.3, -0.25) is 9.48 Å². The van der Waals surface area contributed by atoms with E-state index in [2.05, 4.69) is 17.0 Å². The van der Waals surface area contributed by atoms with Gasteiger partial charge in [-0.2, -0.15) is 5.10 Å². The van der Waals surface area contributed by atoms with E-state index in [-0.39, 0.29) is 11.7 Å². The second-order valence-electron chi connectivity index (χ2n) is 8.71. The normalized spacial score (nSPS) is 13.8. The van der Waals surface area contributed by atoms with Crippen LogP contribution < -0.4 is 4.90 Å². The maximum atomic E-state index is 13.6. The van der Waals surface area contributed by atoms with E-state index in [1.54, 1.807) is 6.07 Å². The summed E-state index contributed by atoms with van der Waals surface area (Å²) in [5, 5.41) is 15.0. The van der Waals surface area contributed by atoms with E-state index >= 15 is 0 Å². The molecule has 0 bridgehead atoms. The van der Waals surface area contributed by atoms with E-state index in [0.29, 0.717) is 44.0 Å². The van der Waals surface area contributed by atoms with Crippen LogP contribution in [0.25, 0.3) is 11.3 Å². The minimum atomic E-state index is -0.00757. The van der Waals surface area contributed by atoms with Crippen molar-refractivity contribution >= 4 is 11.6 Å². The molecule has 5 rings (SSSR count). The Morgan fingerprint density at radius 3 is 2.26 bits per heavy atom. The van der Waals surface area contributed by atoms with Crippen molar-refractivity contribution in [3.63, 3.8) is 0 Å². The number of para-hydroxylation sites is 2. The van der Waals surface area contributed by atoms with Gasteiger partial charge < -0.3 is 14.9 Å². The largest absolute Gasteiger partial charge is 0.506 e. The van der Waals surface area contributed by atoms with Gasteiger partial charge in [0.05, 0.1) is 17.8 Å². The van der Waals surface area contributed by atoms with Crippen molar-refractivity contribution in [1.82, 2.24) is 14.7 Å². The predicted molar refractivity (Wildman–Crippen MR) is 134 cm³/mol. The second kappa shape index (κ2) is 9.43. The molecule has 6 heteroatoms.